The lowest BCUT2D eigenvalue weighted by Crippen LogP contribution is -2.21. The van der Waals surface area contributed by atoms with E-state index in [9.17, 15) is 4.79 Å². The van der Waals surface area contributed by atoms with Crippen LogP contribution in [0.25, 0.3) is 6.08 Å². The Labute approximate surface area is 180 Å². The molecule has 2 aromatic rings. The van der Waals surface area contributed by atoms with E-state index >= 15 is 0 Å². The van der Waals surface area contributed by atoms with Gasteiger partial charge in [-0.15, -0.1) is 0 Å². The van der Waals surface area contributed by atoms with Crippen molar-refractivity contribution in [1.82, 2.24) is 5.32 Å². The van der Waals surface area contributed by atoms with E-state index in [4.69, 9.17) is 28.4 Å². The number of benzene rings is 2. The van der Waals surface area contributed by atoms with Crippen LogP contribution >= 0.6 is 0 Å². The van der Waals surface area contributed by atoms with Gasteiger partial charge in [-0.1, -0.05) is 11.8 Å². The fraction of sp³-hybridized carbons (Fsp3) is 0.261. The average Bonchev–Trinajstić information content (AvgIpc) is 3.27. The van der Waals surface area contributed by atoms with Crippen LogP contribution in [0.5, 0.6) is 34.5 Å². The normalized spacial score (nSPS) is 11.5. The van der Waals surface area contributed by atoms with Crippen LogP contribution in [0.15, 0.2) is 36.4 Å². The molecular weight excluding hydrogens is 402 g/mol. The lowest BCUT2D eigenvalue weighted by molar-refractivity contribution is -0.116. The predicted octanol–water partition coefficient (Wildman–Crippen LogP) is 2.65. The van der Waals surface area contributed by atoms with E-state index in [2.05, 4.69) is 17.2 Å². The zero-order chi connectivity index (χ0) is 22.1. The van der Waals surface area contributed by atoms with Crippen LogP contribution in [0, 0.1) is 11.8 Å². The molecule has 0 bridgehead atoms. The Morgan fingerprint density at radius 3 is 2.48 bits per heavy atom. The highest BCUT2D eigenvalue weighted by atomic mass is 16.7. The van der Waals surface area contributed by atoms with Gasteiger partial charge in [-0.2, -0.15) is 0 Å². The number of hydrogen-bond donors (Lipinski definition) is 1. The molecule has 1 heterocycles. The smallest absolute Gasteiger partial charge is 0.244 e. The lowest BCUT2D eigenvalue weighted by Gasteiger charge is -2.12. The van der Waals surface area contributed by atoms with Gasteiger partial charge < -0.3 is 33.7 Å². The first kappa shape index (κ1) is 21.7. The van der Waals surface area contributed by atoms with Crippen molar-refractivity contribution in [2.24, 2.45) is 0 Å². The zero-order valence-corrected chi connectivity index (χ0v) is 17.5. The van der Waals surface area contributed by atoms with E-state index in [0.717, 1.165) is 5.56 Å². The summed E-state index contributed by atoms with van der Waals surface area (Å²) in [6, 6.07) is 8.81. The first-order chi connectivity index (χ1) is 15.1. The molecule has 8 nitrogen and oxygen atoms in total. The largest absolute Gasteiger partial charge is 0.493 e. The molecule has 1 N–H and O–H groups in total. The number of rotatable bonds is 8. The Hall–Kier alpha value is -3.99. The second-order valence-electron chi connectivity index (χ2n) is 6.17. The van der Waals surface area contributed by atoms with Crippen molar-refractivity contribution in [2.75, 3.05) is 41.3 Å². The van der Waals surface area contributed by atoms with E-state index in [1.54, 1.807) is 36.4 Å². The van der Waals surface area contributed by atoms with Crippen LogP contribution in [-0.4, -0.2) is 47.2 Å². The Kier molecular flexibility index (Phi) is 7.49. The van der Waals surface area contributed by atoms with Gasteiger partial charge in [0.2, 0.25) is 18.4 Å². The van der Waals surface area contributed by atoms with Crippen LogP contribution in [0.2, 0.25) is 0 Å². The number of methoxy groups -OCH3 is 3. The van der Waals surface area contributed by atoms with Gasteiger partial charge in [0.05, 0.1) is 27.9 Å². The zero-order valence-electron chi connectivity index (χ0n) is 17.5. The Balaban J connectivity index is 1.46. The van der Waals surface area contributed by atoms with Gasteiger partial charge in [0, 0.05) is 12.1 Å². The molecule has 1 amide bonds. The summed E-state index contributed by atoms with van der Waals surface area (Å²) in [7, 11) is 4.60. The van der Waals surface area contributed by atoms with Crippen molar-refractivity contribution < 1.29 is 33.2 Å². The molecule has 0 aromatic heterocycles. The van der Waals surface area contributed by atoms with Gasteiger partial charge in [-0.25, -0.2) is 0 Å². The summed E-state index contributed by atoms with van der Waals surface area (Å²) < 4.78 is 32.0. The fourth-order valence-corrected chi connectivity index (χ4v) is 2.76. The quantitative estimate of drug-likeness (QED) is 0.514. The van der Waals surface area contributed by atoms with E-state index < -0.39 is 0 Å². The molecular formula is C23H23NO7. The molecule has 0 aliphatic carbocycles. The third-order valence-electron chi connectivity index (χ3n) is 4.25. The standard InChI is InChI=1S/C23H23NO7/c1-26-20-12-16(13-21(27-2)23(20)28-3)6-9-22(25)24-10-4-5-11-29-17-7-8-18-19(14-17)31-15-30-18/h6-9,12-14H,10-11,15H2,1-3H3,(H,24,25)/b9-6+. The SMILES string of the molecule is COc1cc(/C=C/C(=O)NCC#CCOc2ccc3c(c2)OCO3)cc(OC)c1OC. The summed E-state index contributed by atoms with van der Waals surface area (Å²) in [5, 5.41) is 2.69. The minimum Gasteiger partial charge on any atom is -0.493 e. The maximum atomic E-state index is 12.0. The number of carbonyl (C=O) groups excluding carboxylic acids is 1. The van der Waals surface area contributed by atoms with Crippen molar-refractivity contribution in [3.63, 3.8) is 0 Å². The van der Waals surface area contributed by atoms with Crippen LogP contribution in [0.4, 0.5) is 0 Å². The summed E-state index contributed by atoms with van der Waals surface area (Å²) >= 11 is 0. The number of fused-ring (bicyclic) bond motifs is 1. The highest BCUT2D eigenvalue weighted by Crippen LogP contribution is 2.38. The van der Waals surface area contributed by atoms with Crippen molar-refractivity contribution in [3.05, 3.63) is 42.0 Å². The van der Waals surface area contributed by atoms with Gasteiger partial charge in [0.25, 0.3) is 0 Å². The average molecular weight is 425 g/mol. The summed E-state index contributed by atoms with van der Waals surface area (Å²) in [6.45, 7) is 0.603. The first-order valence-electron chi connectivity index (χ1n) is 9.38. The molecule has 0 fully saturated rings. The predicted molar refractivity (Wildman–Crippen MR) is 114 cm³/mol. The molecule has 0 unspecified atom stereocenters. The van der Waals surface area contributed by atoms with Gasteiger partial charge in [-0.3, -0.25) is 4.79 Å². The Morgan fingerprint density at radius 2 is 1.77 bits per heavy atom. The molecule has 0 saturated heterocycles. The second-order valence-corrected chi connectivity index (χ2v) is 6.17. The maximum absolute atomic E-state index is 12.0. The highest BCUT2D eigenvalue weighted by Gasteiger charge is 2.13. The minimum atomic E-state index is -0.278. The van der Waals surface area contributed by atoms with Crippen molar-refractivity contribution in [3.8, 4) is 46.3 Å². The lowest BCUT2D eigenvalue weighted by atomic mass is 10.1. The van der Waals surface area contributed by atoms with Crippen molar-refractivity contribution in [2.45, 2.75) is 0 Å². The monoisotopic (exact) mass is 425 g/mol. The summed E-state index contributed by atoms with van der Waals surface area (Å²) in [6.07, 6.45) is 3.06. The maximum Gasteiger partial charge on any atom is 0.244 e. The molecule has 0 spiro atoms. The molecule has 0 saturated carbocycles. The van der Waals surface area contributed by atoms with Crippen LogP contribution < -0.4 is 33.7 Å². The van der Waals surface area contributed by atoms with Gasteiger partial charge in [0.15, 0.2) is 23.0 Å². The Bertz CT molecular complexity index is 995. The van der Waals surface area contributed by atoms with Gasteiger partial charge in [0.1, 0.15) is 12.4 Å². The summed E-state index contributed by atoms with van der Waals surface area (Å²) in [5.41, 5.74) is 0.730. The topological polar surface area (TPSA) is 84.5 Å². The van der Waals surface area contributed by atoms with Crippen LogP contribution in [-0.2, 0) is 4.79 Å². The number of amides is 1. The third-order valence-corrected chi connectivity index (χ3v) is 4.25. The summed E-state index contributed by atoms with van der Waals surface area (Å²) in [4.78, 5) is 12.0. The Morgan fingerprint density at radius 1 is 1.03 bits per heavy atom. The molecule has 162 valence electrons. The number of carbonyl (C=O) groups is 1. The molecule has 31 heavy (non-hydrogen) atoms. The van der Waals surface area contributed by atoms with E-state index in [-0.39, 0.29) is 25.9 Å². The molecule has 1 aliphatic rings. The second kappa shape index (κ2) is 10.7. The van der Waals surface area contributed by atoms with Crippen LogP contribution in [0.3, 0.4) is 0 Å². The molecule has 2 aromatic carbocycles. The number of ether oxygens (including phenoxy) is 6. The van der Waals surface area contributed by atoms with Crippen molar-refractivity contribution in [1.29, 1.82) is 0 Å². The molecule has 1 aliphatic heterocycles. The minimum absolute atomic E-state index is 0.191. The highest BCUT2D eigenvalue weighted by molar-refractivity contribution is 5.92. The fourth-order valence-electron chi connectivity index (χ4n) is 2.76. The van der Waals surface area contributed by atoms with Gasteiger partial charge in [-0.05, 0) is 35.9 Å². The van der Waals surface area contributed by atoms with E-state index in [0.29, 0.717) is 34.5 Å². The molecule has 8 heteroatoms. The molecule has 0 atom stereocenters. The number of hydrogen-bond acceptors (Lipinski definition) is 7. The van der Waals surface area contributed by atoms with Crippen molar-refractivity contribution >= 4 is 12.0 Å². The summed E-state index contributed by atoms with van der Waals surface area (Å²) in [5.74, 6) is 8.89. The van der Waals surface area contributed by atoms with E-state index in [1.807, 2.05) is 0 Å². The van der Waals surface area contributed by atoms with Gasteiger partial charge >= 0.3 is 0 Å². The third kappa shape index (κ3) is 5.76. The van der Waals surface area contributed by atoms with Crippen LogP contribution in [0.1, 0.15) is 5.56 Å². The number of nitrogens with one attached hydrogen (secondary N) is 1. The first-order valence-corrected chi connectivity index (χ1v) is 9.38. The molecule has 0 radical (unpaired) electrons. The van der Waals surface area contributed by atoms with E-state index in [1.165, 1.54) is 27.4 Å². The molecule has 3 rings (SSSR count).